The van der Waals surface area contributed by atoms with Gasteiger partial charge in [-0.1, -0.05) is 17.9 Å². The van der Waals surface area contributed by atoms with Crippen LogP contribution in [0, 0.1) is 23.7 Å². The van der Waals surface area contributed by atoms with Crippen LogP contribution in [0.15, 0.2) is 48.0 Å². The van der Waals surface area contributed by atoms with E-state index in [-0.39, 0.29) is 18.6 Å². The SMILES string of the molecule is COc1ccc2nccc(C(CC[C@@H]3CCN(CC#Cc4cccs4)C[C@@H]3CO)NO)c2c1. The summed E-state index contributed by atoms with van der Waals surface area (Å²) in [5, 5.41) is 23.0. The molecule has 0 amide bonds. The third-order valence-corrected chi connectivity index (χ3v) is 7.37. The van der Waals surface area contributed by atoms with E-state index in [0.717, 1.165) is 66.0 Å². The van der Waals surface area contributed by atoms with E-state index in [2.05, 4.69) is 27.2 Å². The topological polar surface area (TPSA) is 77.9 Å². The van der Waals surface area contributed by atoms with Crippen molar-refractivity contribution < 1.29 is 15.1 Å². The predicted molar refractivity (Wildman–Crippen MR) is 132 cm³/mol. The second-order valence-electron chi connectivity index (χ2n) is 8.55. The molecule has 1 aliphatic heterocycles. The molecule has 0 aliphatic carbocycles. The summed E-state index contributed by atoms with van der Waals surface area (Å²) >= 11 is 1.66. The molecule has 1 unspecified atom stereocenters. The molecular weight excluding hydrogens is 434 g/mol. The van der Waals surface area contributed by atoms with Gasteiger partial charge in [-0.3, -0.25) is 9.88 Å². The van der Waals surface area contributed by atoms with Gasteiger partial charge in [0.25, 0.3) is 0 Å². The van der Waals surface area contributed by atoms with E-state index in [1.165, 1.54) is 0 Å². The number of rotatable bonds is 8. The number of hydrogen-bond acceptors (Lipinski definition) is 7. The first-order valence-electron chi connectivity index (χ1n) is 11.4. The molecule has 3 atom stereocenters. The zero-order valence-electron chi connectivity index (χ0n) is 18.9. The first kappa shape index (κ1) is 23.7. The van der Waals surface area contributed by atoms with Gasteiger partial charge in [-0.25, -0.2) is 0 Å². The molecule has 1 fully saturated rings. The summed E-state index contributed by atoms with van der Waals surface area (Å²) < 4.78 is 5.38. The molecule has 33 heavy (non-hydrogen) atoms. The molecular formula is C26H31N3O3S. The van der Waals surface area contributed by atoms with Crippen molar-refractivity contribution >= 4 is 22.2 Å². The van der Waals surface area contributed by atoms with Gasteiger partial charge in [0.2, 0.25) is 0 Å². The number of fused-ring (bicyclic) bond motifs is 1. The van der Waals surface area contributed by atoms with Crippen LogP contribution in [0.2, 0.25) is 0 Å². The van der Waals surface area contributed by atoms with Gasteiger partial charge < -0.3 is 15.1 Å². The maximum absolute atomic E-state index is 10.0. The summed E-state index contributed by atoms with van der Waals surface area (Å²) in [6, 6.07) is 11.6. The number of benzene rings is 1. The van der Waals surface area contributed by atoms with E-state index < -0.39 is 0 Å². The average molecular weight is 466 g/mol. The van der Waals surface area contributed by atoms with Crippen molar-refractivity contribution in [3.63, 3.8) is 0 Å². The molecule has 0 radical (unpaired) electrons. The van der Waals surface area contributed by atoms with Crippen LogP contribution in [0.1, 0.15) is 35.7 Å². The first-order valence-corrected chi connectivity index (χ1v) is 12.3. The second kappa shape index (κ2) is 11.6. The second-order valence-corrected chi connectivity index (χ2v) is 9.50. The maximum Gasteiger partial charge on any atom is 0.119 e. The largest absolute Gasteiger partial charge is 0.497 e. The van der Waals surface area contributed by atoms with Crippen LogP contribution < -0.4 is 10.2 Å². The maximum atomic E-state index is 10.0. The molecule has 174 valence electrons. The Balaban J connectivity index is 1.38. The number of methoxy groups -OCH3 is 1. The van der Waals surface area contributed by atoms with Gasteiger partial charge in [0.1, 0.15) is 5.75 Å². The third kappa shape index (κ3) is 5.91. The molecule has 0 spiro atoms. The lowest BCUT2D eigenvalue weighted by atomic mass is 9.81. The van der Waals surface area contributed by atoms with Crippen LogP contribution >= 0.6 is 11.3 Å². The zero-order valence-corrected chi connectivity index (χ0v) is 19.7. The van der Waals surface area contributed by atoms with Crippen LogP contribution in [0.4, 0.5) is 0 Å². The Bertz CT molecular complexity index is 1090. The molecule has 0 bridgehead atoms. The van der Waals surface area contributed by atoms with Gasteiger partial charge in [-0.05, 0) is 78.9 Å². The fourth-order valence-corrected chi connectivity index (χ4v) is 5.31. The van der Waals surface area contributed by atoms with Crippen molar-refractivity contribution in [3.05, 3.63) is 58.4 Å². The van der Waals surface area contributed by atoms with Crippen molar-refractivity contribution in [2.24, 2.45) is 11.8 Å². The number of nitrogens with one attached hydrogen (secondary N) is 1. The highest BCUT2D eigenvalue weighted by atomic mass is 32.1. The number of piperidine rings is 1. The molecule has 4 rings (SSSR count). The molecule has 3 aromatic rings. The highest BCUT2D eigenvalue weighted by Crippen LogP contribution is 2.33. The van der Waals surface area contributed by atoms with E-state index in [4.69, 9.17) is 4.74 Å². The first-order chi connectivity index (χ1) is 16.2. The summed E-state index contributed by atoms with van der Waals surface area (Å²) in [5.74, 6) is 7.89. The number of aliphatic hydroxyl groups excluding tert-OH is 1. The number of likely N-dealkylation sites (tertiary alicyclic amines) is 1. The van der Waals surface area contributed by atoms with Crippen molar-refractivity contribution in [3.8, 4) is 17.6 Å². The Kier molecular flexibility index (Phi) is 8.32. The Morgan fingerprint density at radius 2 is 2.21 bits per heavy atom. The molecule has 1 aliphatic rings. The molecule has 3 heterocycles. The Morgan fingerprint density at radius 1 is 1.30 bits per heavy atom. The lowest BCUT2D eigenvalue weighted by molar-refractivity contribution is 0.0657. The number of nitrogens with zero attached hydrogens (tertiary/aromatic N) is 2. The smallest absolute Gasteiger partial charge is 0.119 e. The highest BCUT2D eigenvalue weighted by Gasteiger charge is 2.29. The monoisotopic (exact) mass is 465 g/mol. The minimum atomic E-state index is -0.211. The summed E-state index contributed by atoms with van der Waals surface area (Å²) in [4.78, 5) is 7.87. The summed E-state index contributed by atoms with van der Waals surface area (Å²) in [5.41, 5.74) is 4.39. The van der Waals surface area contributed by atoms with Crippen LogP contribution in [-0.2, 0) is 0 Å². The Labute approximate surface area is 199 Å². The number of ether oxygens (including phenoxy) is 1. The number of pyridine rings is 1. The minimum absolute atomic E-state index is 0.173. The van der Waals surface area contributed by atoms with E-state index in [1.54, 1.807) is 24.6 Å². The summed E-state index contributed by atoms with van der Waals surface area (Å²) in [6.07, 6.45) is 4.49. The van der Waals surface area contributed by atoms with Crippen molar-refractivity contribution in [2.45, 2.75) is 25.3 Å². The van der Waals surface area contributed by atoms with Crippen molar-refractivity contribution in [2.75, 3.05) is 33.4 Å². The molecule has 7 heteroatoms. The van der Waals surface area contributed by atoms with Gasteiger partial charge in [-0.15, -0.1) is 11.3 Å². The van der Waals surface area contributed by atoms with Crippen molar-refractivity contribution in [1.82, 2.24) is 15.4 Å². The third-order valence-electron chi connectivity index (χ3n) is 6.59. The van der Waals surface area contributed by atoms with Gasteiger partial charge in [0.05, 0.1) is 30.1 Å². The average Bonchev–Trinajstić information content (AvgIpc) is 3.38. The van der Waals surface area contributed by atoms with Crippen LogP contribution in [0.3, 0.4) is 0 Å². The van der Waals surface area contributed by atoms with E-state index >= 15 is 0 Å². The summed E-state index contributed by atoms with van der Waals surface area (Å²) in [6.45, 7) is 2.73. The highest BCUT2D eigenvalue weighted by molar-refractivity contribution is 7.10. The number of hydroxylamine groups is 1. The fraction of sp³-hybridized carbons (Fsp3) is 0.423. The number of hydrogen-bond donors (Lipinski definition) is 3. The van der Waals surface area contributed by atoms with Crippen LogP contribution in [-0.4, -0.2) is 53.5 Å². The van der Waals surface area contributed by atoms with E-state index in [9.17, 15) is 10.3 Å². The number of thiophene rings is 1. The van der Waals surface area contributed by atoms with Gasteiger partial charge in [0.15, 0.2) is 0 Å². The molecule has 1 saturated heterocycles. The van der Waals surface area contributed by atoms with Gasteiger partial charge in [0, 0.05) is 24.7 Å². The van der Waals surface area contributed by atoms with Crippen LogP contribution in [0.25, 0.3) is 10.9 Å². The van der Waals surface area contributed by atoms with Crippen molar-refractivity contribution in [1.29, 1.82) is 0 Å². The summed E-state index contributed by atoms with van der Waals surface area (Å²) in [7, 11) is 1.65. The fourth-order valence-electron chi connectivity index (χ4n) is 4.72. The lowest BCUT2D eigenvalue weighted by Gasteiger charge is -2.37. The molecule has 0 saturated carbocycles. The van der Waals surface area contributed by atoms with Gasteiger partial charge >= 0.3 is 0 Å². The minimum Gasteiger partial charge on any atom is -0.497 e. The quantitative estimate of drug-likeness (QED) is 0.344. The Morgan fingerprint density at radius 3 is 2.97 bits per heavy atom. The van der Waals surface area contributed by atoms with Gasteiger partial charge in [-0.2, -0.15) is 5.48 Å². The normalized spacial score (nSPS) is 19.7. The van der Waals surface area contributed by atoms with E-state index in [1.807, 2.05) is 41.8 Å². The molecule has 1 aromatic carbocycles. The Hall–Kier alpha value is -2.47. The van der Waals surface area contributed by atoms with Crippen LogP contribution in [0.5, 0.6) is 5.75 Å². The van der Waals surface area contributed by atoms with E-state index in [0.29, 0.717) is 5.92 Å². The number of aromatic nitrogens is 1. The predicted octanol–water partition coefficient (Wildman–Crippen LogP) is 4.09. The standard InChI is InChI=1S/C26H31N3O3S/c1-32-21-7-9-25-24(16-21)23(10-12-27-25)26(28-31)8-6-19-11-14-29(17-20(19)18-30)13-2-4-22-5-3-15-33-22/h3,5,7,9-10,12,15-16,19-20,26,28,30-31H,6,8,11,13-14,17-18H2,1H3/t19-,20-,26?/m1/s1. The molecule has 6 nitrogen and oxygen atoms in total. The molecule has 3 N–H and O–H groups in total. The lowest BCUT2D eigenvalue weighted by Crippen LogP contribution is -2.42. The number of aliphatic hydroxyl groups is 1. The molecule has 2 aromatic heterocycles. The zero-order chi connectivity index (χ0) is 23.0.